The molecule has 1 N–H and O–H groups in total. The Hall–Kier alpha value is -1.52. The Bertz CT molecular complexity index is 650. The number of allylic oxidation sites excluding steroid dienone is 1. The van der Waals surface area contributed by atoms with Crippen LogP contribution in [0.3, 0.4) is 0 Å². The molecule has 0 aliphatic carbocycles. The second-order valence-electron chi connectivity index (χ2n) is 5.60. The lowest BCUT2D eigenvalue weighted by Crippen LogP contribution is -2.35. The van der Waals surface area contributed by atoms with Gasteiger partial charge in [0.15, 0.2) is 0 Å². The molecule has 1 heterocycles. The topological polar surface area (TPSA) is 55.4 Å². The van der Waals surface area contributed by atoms with Crippen LogP contribution in [0.4, 0.5) is 0 Å². The summed E-state index contributed by atoms with van der Waals surface area (Å²) in [5.41, 5.74) is 1.47. The molecule has 1 aromatic rings. The third-order valence-corrected chi connectivity index (χ3v) is 4.58. The Kier molecular flexibility index (Phi) is 5.71. The average molecular weight is 356 g/mol. The van der Waals surface area contributed by atoms with Crippen molar-refractivity contribution in [2.24, 2.45) is 0 Å². The van der Waals surface area contributed by atoms with Crippen LogP contribution in [0.2, 0.25) is 10.0 Å². The molecule has 0 saturated carbocycles. The Morgan fingerprint density at radius 3 is 2.57 bits per heavy atom. The normalized spacial score (nSPS) is 19.3. The van der Waals surface area contributed by atoms with Crippen molar-refractivity contribution in [3.8, 4) is 0 Å². The first-order chi connectivity index (χ1) is 10.8. The molecule has 0 spiro atoms. The Balaban J connectivity index is 2.49. The van der Waals surface area contributed by atoms with Gasteiger partial charge in [-0.3, -0.25) is 4.79 Å². The standard InChI is InChI=1S/C17H19Cl2NO3/c1-4-9(2)23-17(22)15-10(3)20-14(21)8-11(15)16-12(18)6-5-7-13(16)19/h5-7,9,11H,4,8H2,1-3H3,(H,20,21). The van der Waals surface area contributed by atoms with E-state index in [-0.39, 0.29) is 18.4 Å². The largest absolute Gasteiger partial charge is 0.459 e. The predicted octanol–water partition coefficient (Wildman–Crippen LogP) is 4.21. The van der Waals surface area contributed by atoms with E-state index in [1.54, 1.807) is 25.1 Å². The fraction of sp³-hybridized carbons (Fsp3) is 0.412. The second-order valence-corrected chi connectivity index (χ2v) is 6.42. The predicted molar refractivity (Wildman–Crippen MR) is 90.5 cm³/mol. The highest BCUT2D eigenvalue weighted by Gasteiger charge is 2.35. The van der Waals surface area contributed by atoms with Crippen LogP contribution in [0.1, 0.15) is 45.1 Å². The molecule has 0 aromatic heterocycles. The van der Waals surface area contributed by atoms with Crippen molar-refractivity contribution in [2.75, 3.05) is 0 Å². The Morgan fingerprint density at radius 2 is 2.00 bits per heavy atom. The van der Waals surface area contributed by atoms with Crippen molar-refractivity contribution in [1.82, 2.24) is 5.32 Å². The van der Waals surface area contributed by atoms with Gasteiger partial charge in [-0.25, -0.2) is 4.79 Å². The minimum atomic E-state index is -0.512. The maximum Gasteiger partial charge on any atom is 0.336 e. The molecule has 23 heavy (non-hydrogen) atoms. The van der Waals surface area contributed by atoms with Gasteiger partial charge in [0.2, 0.25) is 5.91 Å². The molecule has 1 aliphatic heterocycles. The summed E-state index contributed by atoms with van der Waals surface area (Å²) in [4.78, 5) is 24.5. The number of hydrogen-bond donors (Lipinski definition) is 1. The maximum atomic E-state index is 12.6. The van der Waals surface area contributed by atoms with Gasteiger partial charge in [0.05, 0.1) is 11.7 Å². The van der Waals surface area contributed by atoms with Gasteiger partial charge in [-0.05, 0) is 38.0 Å². The number of rotatable bonds is 4. The summed E-state index contributed by atoms with van der Waals surface area (Å²) < 4.78 is 5.44. The van der Waals surface area contributed by atoms with Crippen molar-refractivity contribution < 1.29 is 14.3 Å². The molecular weight excluding hydrogens is 337 g/mol. The summed E-state index contributed by atoms with van der Waals surface area (Å²) in [5, 5.41) is 3.55. The van der Waals surface area contributed by atoms with E-state index < -0.39 is 11.9 Å². The Morgan fingerprint density at radius 1 is 1.39 bits per heavy atom. The fourth-order valence-corrected chi connectivity index (χ4v) is 3.25. The zero-order valence-corrected chi connectivity index (χ0v) is 14.8. The second kappa shape index (κ2) is 7.37. The summed E-state index contributed by atoms with van der Waals surface area (Å²) in [6, 6.07) is 5.12. The van der Waals surface area contributed by atoms with E-state index in [0.717, 1.165) is 0 Å². The number of hydrogen-bond acceptors (Lipinski definition) is 3. The van der Waals surface area contributed by atoms with Crippen LogP contribution in [0.25, 0.3) is 0 Å². The molecule has 4 nitrogen and oxygen atoms in total. The van der Waals surface area contributed by atoms with Crippen LogP contribution in [0.5, 0.6) is 0 Å². The van der Waals surface area contributed by atoms with E-state index in [4.69, 9.17) is 27.9 Å². The smallest absolute Gasteiger partial charge is 0.336 e. The van der Waals surface area contributed by atoms with Crippen molar-refractivity contribution in [1.29, 1.82) is 0 Å². The molecular formula is C17H19Cl2NO3. The number of benzene rings is 1. The lowest BCUT2D eigenvalue weighted by molar-refractivity contribution is -0.144. The van der Waals surface area contributed by atoms with Gasteiger partial charge >= 0.3 is 5.97 Å². The van der Waals surface area contributed by atoms with Crippen LogP contribution in [-0.2, 0) is 14.3 Å². The maximum absolute atomic E-state index is 12.6. The van der Waals surface area contributed by atoms with Gasteiger partial charge in [-0.2, -0.15) is 0 Å². The number of halogens is 2. The van der Waals surface area contributed by atoms with Crippen molar-refractivity contribution in [3.05, 3.63) is 45.1 Å². The summed E-state index contributed by atoms with van der Waals surface area (Å²) >= 11 is 12.5. The molecule has 0 fully saturated rings. The van der Waals surface area contributed by atoms with Crippen LogP contribution in [0.15, 0.2) is 29.5 Å². The Labute approximate surface area is 145 Å². The summed E-state index contributed by atoms with van der Waals surface area (Å²) in [6.45, 7) is 5.44. The van der Waals surface area contributed by atoms with E-state index >= 15 is 0 Å². The average Bonchev–Trinajstić information content (AvgIpc) is 2.46. The molecule has 124 valence electrons. The van der Waals surface area contributed by atoms with Crippen molar-refractivity contribution in [2.45, 2.75) is 45.6 Å². The van der Waals surface area contributed by atoms with E-state index in [0.29, 0.717) is 33.3 Å². The summed E-state index contributed by atoms with van der Waals surface area (Å²) in [7, 11) is 0. The van der Waals surface area contributed by atoms with Crippen LogP contribution in [-0.4, -0.2) is 18.0 Å². The first-order valence-corrected chi connectivity index (χ1v) is 8.26. The van der Waals surface area contributed by atoms with E-state index in [1.165, 1.54) is 0 Å². The molecule has 0 radical (unpaired) electrons. The van der Waals surface area contributed by atoms with Gasteiger partial charge in [0, 0.05) is 28.1 Å². The van der Waals surface area contributed by atoms with Crippen molar-refractivity contribution >= 4 is 35.1 Å². The zero-order chi connectivity index (χ0) is 17.1. The van der Waals surface area contributed by atoms with E-state index in [9.17, 15) is 9.59 Å². The van der Waals surface area contributed by atoms with Crippen LogP contribution >= 0.6 is 23.2 Å². The minimum absolute atomic E-state index is 0.103. The molecule has 0 saturated heterocycles. The van der Waals surface area contributed by atoms with Gasteiger partial charge < -0.3 is 10.1 Å². The molecule has 0 bridgehead atoms. The van der Waals surface area contributed by atoms with Gasteiger partial charge in [-0.15, -0.1) is 0 Å². The molecule has 2 atom stereocenters. The molecule has 1 aliphatic rings. The highest BCUT2D eigenvalue weighted by atomic mass is 35.5. The monoisotopic (exact) mass is 355 g/mol. The number of esters is 1. The first-order valence-electron chi connectivity index (χ1n) is 7.50. The van der Waals surface area contributed by atoms with Gasteiger partial charge in [0.1, 0.15) is 0 Å². The lowest BCUT2D eigenvalue weighted by Gasteiger charge is -2.28. The van der Waals surface area contributed by atoms with Crippen LogP contribution in [0, 0.1) is 0 Å². The number of ether oxygens (including phenoxy) is 1. The minimum Gasteiger partial charge on any atom is -0.459 e. The zero-order valence-electron chi connectivity index (χ0n) is 13.3. The molecule has 6 heteroatoms. The summed E-state index contributed by atoms with van der Waals surface area (Å²) in [5.74, 6) is -1.14. The fourth-order valence-electron chi connectivity index (χ4n) is 2.59. The lowest BCUT2D eigenvalue weighted by atomic mass is 9.84. The molecule has 2 rings (SSSR count). The van der Waals surface area contributed by atoms with Crippen molar-refractivity contribution in [3.63, 3.8) is 0 Å². The van der Waals surface area contributed by atoms with Crippen LogP contribution < -0.4 is 5.32 Å². The third kappa shape index (κ3) is 3.88. The highest BCUT2D eigenvalue weighted by Crippen LogP contribution is 2.40. The number of carbonyl (C=O) groups is 2. The highest BCUT2D eigenvalue weighted by molar-refractivity contribution is 6.36. The SMILES string of the molecule is CCC(C)OC(=O)C1=C(C)NC(=O)CC1c1c(Cl)cccc1Cl. The van der Waals surface area contributed by atoms with Gasteiger partial charge in [0.25, 0.3) is 0 Å². The van der Waals surface area contributed by atoms with Gasteiger partial charge in [-0.1, -0.05) is 36.2 Å². The third-order valence-electron chi connectivity index (χ3n) is 3.92. The number of amides is 1. The quantitative estimate of drug-likeness (QED) is 0.822. The number of nitrogens with one attached hydrogen (secondary N) is 1. The molecule has 1 aromatic carbocycles. The summed E-state index contributed by atoms with van der Waals surface area (Å²) in [6.07, 6.45) is 0.607. The van der Waals surface area contributed by atoms with E-state index in [1.807, 2.05) is 13.8 Å². The first kappa shape index (κ1) is 17.8. The number of carbonyl (C=O) groups excluding carboxylic acids is 2. The molecule has 2 unspecified atom stereocenters. The molecule has 1 amide bonds. The van der Waals surface area contributed by atoms with E-state index in [2.05, 4.69) is 5.32 Å².